The zero-order valence-electron chi connectivity index (χ0n) is 9.99. The lowest BCUT2D eigenvalue weighted by molar-refractivity contribution is -0.671. The first-order chi connectivity index (χ1) is 7.22. The van der Waals surface area contributed by atoms with Gasteiger partial charge in [0.05, 0.1) is 13.7 Å². The SMILES string of the molecule is COc1ccc(C[NH2+]CCC(C)C)cc1. The zero-order chi connectivity index (χ0) is 11.1. The molecule has 84 valence electrons. The van der Waals surface area contributed by atoms with E-state index in [1.165, 1.54) is 18.5 Å². The van der Waals surface area contributed by atoms with Crippen LogP contribution in [0.3, 0.4) is 0 Å². The van der Waals surface area contributed by atoms with E-state index in [9.17, 15) is 0 Å². The molecule has 0 radical (unpaired) electrons. The van der Waals surface area contributed by atoms with Crippen LogP contribution in [0.5, 0.6) is 5.75 Å². The number of methoxy groups -OCH3 is 1. The second-order valence-corrected chi connectivity index (χ2v) is 4.31. The maximum Gasteiger partial charge on any atom is 0.118 e. The van der Waals surface area contributed by atoms with Crippen LogP contribution in [0.1, 0.15) is 25.8 Å². The van der Waals surface area contributed by atoms with Crippen LogP contribution in [0.2, 0.25) is 0 Å². The van der Waals surface area contributed by atoms with Gasteiger partial charge in [-0.2, -0.15) is 0 Å². The number of ether oxygens (including phenoxy) is 1. The summed E-state index contributed by atoms with van der Waals surface area (Å²) < 4.78 is 5.12. The zero-order valence-corrected chi connectivity index (χ0v) is 9.99. The van der Waals surface area contributed by atoms with Gasteiger partial charge < -0.3 is 10.1 Å². The van der Waals surface area contributed by atoms with E-state index in [-0.39, 0.29) is 0 Å². The van der Waals surface area contributed by atoms with Crippen molar-refractivity contribution in [3.8, 4) is 5.75 Å². The van der Waals surface area contributed by atoms with Gasteiger partial charge >= 0.3 is 0 Å². The summed E-state index contributed by atoms with van der Waals surface area (Å²) in [7, 11) is 1.70. The van der Waals surface area contributed by atoms with Crippen LogP contribution in [-0.4, -0.2) is 13.7 Å². The summed E-state index contributed by atoms with van der Waals surface area (Å²) in [4.78, 5) is 0. The number of hydrogen-bond donors (Lipinski definition) is 1. The van der Waals surface area contributed by atoms with Gasteiger partial charge in [0.2, 0.25) is 0 Å². The molecule has 0 aliphatic carbocycles. The molecule has 0 atom stereocenters. The van der Waals surface area contributed by atoms with Crippen molar-refractivity contribution < 1.29 is 10.1 Å². The Morgan fingerprint density at radius 2 is 1.87 bits per heavy atom. The fourth-order valence-corrected chi connectivity index (χ4v) is 1.48. The van der Waals surface area contributed by atoms with Crippen LogP contribution >= 0.6 is 0 Å². The van der Waals surface area contributed by atoms with Crippen molar-refractivity contribution in [2.75, 3.05) is 13.7 Å². The third-order valence-corrected chi connectivity index (χ3v) is 2.49. The minimum Gasteiger partial charge on any atom is -0.497 e. The van der Waals surface area contributed by atoms with Crippen LogP contribution in [0.25, 0.3) is 0 Å². The molecule has 0 saturated carbocycles. The van der Waals surface area contributed by atoms with Gasteiger partial charge in [0.15, 0.2) is 0 Å². The highest BCUT2D eigenvalue weighted by molar-refractivity contribution is 5.26. The predicted octanol–water partition coefficient (Wildman–Crippen LogP) is 1.80. The van der Waals surface area contributed by atoms with E-state index in [2.05, 4.69) is 31.3 Å². The highest BCUT2D eigenvalue weighted by atomic mass is 16.5. The summed E-state index contributed by atoms with van der Waals surface area (Å²) in [5.74, 6) is 1.73. The van der Waals surface area contributed by atoms with Crippen molar-refractivity contribution in [1.29, 1.82) is 0 Å². The average Bonchev–Trinajstić information content (AvgIpc) is 2.25. The summed E-state index contributed by atoms with van der Waals surface area (Å²) >= 11 is 0. The van der Waals surface area contributed by atoms with Crippen LogP contribution in [0.15, 0.2) is 24.3 Å². The summed E-state index contributed by atoms with van der Waals surface area (Å²) in [6.07, 6.45) is 1.29. The highest BCUT2D eigenvalue weighted by Gasteiger charge is 1.98. The van der Waals surface area contributed by atoms with Gasteiger partial charge in [-0.15, -0.1) is 0 Å². The molecular formula is C13H22NO+. The average molecular weight is 208 g/mol. The Morgan fingerprint density at radius 1 is 1.20 bits per heavy atom. The fourth-order valence-electron chi connectivity index (χ4n) is 1.48. The standard InChI is InChI=1S/C13H21NO/c1-11(2)8-9-14-10-12-4-6-13(15-3)7-5-12/h4-7,11,14H,8-10H2,1-3H3/p+1. The molecule has 0 aliphatic rings. The van der Waals surface area contributed by atoms with E-state index in [1.54, 1.807) is 7.11 Å². The summed E-state index contributed by atoms with van der Waals surface area (Å²) in [6, 6.07) is 8.30. The number of benzene rings is 1. The van der Waals surface area contributed by atoms with Gasteiger partial charge in [-0.3, -0.25) is 0 Å². The molecular weight excluding hydrogens is 186 g/mol. The second kappa shape index (κ2) is 6.46. The quantitative estimate of drug-likeness (QED) is 0.709. The molecule has 2 nitrogen and oxygen atoms in total. The second-order valence-electron chi connectivity index (χ2n) is 4.31. The van der Waals surface area contributed by atoms with Crippen molar-refractivity contribution in [3.63, 3.8) is 0 Å². The largest absolute Gasteiger partial charge is 0.497 e. The lowest BCUT2D eigenvalue weighted by Gasteiger charge is -2.05. The smallest absolute Gasteiger partial charge is 0.118 e. The maximum absolute atomic E-state index is 5.12. The van der Waals surface area contributed by atoms with Gasteiger partial charge in [0.25, 0.3) is 0 Å². The van der Waals surface area contributed by atoms with Gasteiger partial charge in [0, 0.05) is 5.56 Å². The number of hydrogen-bond acceptors (Lipinski definition) is 1. The van der Waals surface area contributed by atoms with Crippen molar-refractivity contribution in [2.45, 2.75) is 26.8 Å². The molecule has 1 aromatic carbocycles. The molecule has 0 aliphatic heterocycles. The number of quaternary nitrogens is 1. The van der Waals surface area contributed by atoms with Gasteiger partial charge in [-0.1, -0.05) is 13.8 Å². The Bertz CT molecular complexity index is 266. The molecule has 0 heterocycles. The van der Waals surface area contributed by atoms with E-state index in [4.69, 9.17) is 4.74 Å². The normalized spacial score (nSPS) is 10.7. The number of rotatable bonds is 6. The lowest BCUT2D eigenvalue weighted by Crippen LogP contribution is -2.82. The Balaban J connectivity index is 2.25. The summed E-state index contributed by atoms with van der Waals surface area (Å²) in [5, 5.41) is 2.36. The topological polar surface area (TPSA) is 25.8 Å². The summed E-state index contributed by atoms with van der Waals surface area (Å²) in [6.45, 7) is 6.81. The minimum absolute atomic E-state index is 0.803. The Kier molecular flexibility index (Phi) is 5.19. The van der Waals surface area contributed by atoms with E-state index < -0.39 is 0 Å². The highest BCUT2D eigenvalue weighted by Crippen LogP contribution is 2.10. The Morgan fingerprint density at radius 3 is 2.40 bits per heavy atom. The van der Waals surface area contributed by atoms with Crippen LogP contribution in [-0.2, 0) is 6.54 Å². The van der Waals surface area contributed by atoms with Crippen LogP contribution in [0, 0.1) is 5.92 Å². The van der Waals surface area contributed by atoms with Gasteiger partial charge in [-0.05, 0) is 36.6 Å². The number of nitrogens with two attached hydrogens (primary N) is 1. The van der Waals surface area contributed by atoms with Crippen LogP contribution in [0.4, 0.5) is 0 Å². The molecule has 2 heteroatoms. The van der Waals surface area contributed by atoms with Crippen molar-refractivity contribution in [3.05, 3.63) is 29.8 Å². The minimum atomic E-state index is 0.803. The molecule has 0 amide bonds. The third-order valence-electron chi connectivity index (χ3n) is 2.49. The van der Waals surface area contributed by atoms with Crippen molar-refractivity contribution >= 4 is 0 Å². The molecule has 0 spiro atoms. The maximum atomic E-state index is 5.12. The summed E-state index contributed by atoms with van der Waals surface area (Å²) in [5.41, 5.74) is 1.36. The molecule has 0 saturated heterocycles. The van der Waals surface area contributed by atoms with Crippen molar-refractivity contribution in [2.24, 2.45) is 5.92 Å². The van der Waals surface area contributed by atoms with Gasteiger partial charge in [-0.25, -0.2) is 0 Å². The fraction of sp³-hybridized carbons (Fsp3) is 0.538. The molecule has 0 unspecified atom stereocenters. The molecule has 1 aromatic rings. The third kappa shape index (κ3) is 4.84. The van der Waals surface area contributed by atoms with E-state index in [1.807, 2.05) is 12.1 Å². The van der Waals surface area contributed by atoms with E-state index >= 15 is 0 Å². The Labute approximate surface area is 92.6 Å². The first-order valence-corrected chi connectivity index (χ1v) is 5.67. The van der Waals surface area contributed by atoms with E-state index in [0.29, 0.717) is 0 Å². The molecule has 2 N–H and O–H groups in total. The first kappa shape index (κ1) is 12.1. The first-order valence-electron chi connectivity index (χ1n) is 5.67. The Hall–Kier alpha value is -1.02. The molecule has 0 bridgehead atoms. The monoisotopic (exact) mass is 208 g/mol. The lowest BCUT2D eigenvalue weighted by atomic mass is 10.1. The van der Waals surface area contributed by atoms with Gasteiger partial charge in [0.1, 0.15) is 12.3 Å². The molecule has 1 rings (SSSR count). The molecule has 0 aromatic heterocycles. The van der Waals surface area contributed by atoms with Crippen molar-refractivity contribution in [1.82, 2.24) is 0 Å². The molecule has 15 heavy (non-hydrogen) atoms. The predicted molar refractivity (Wildman–Crippen MR) is 62.9 cm³/mol. The van der Waals surface area contributed by atoms with Crippen LogP contribution < -0.4 is 10.1 Å². The van der Waals surface area contributed by atoms with E-state index in [0.717, 1.165) is 18.2 Å². The molecule has 0 fully saturated rings.